The topological polar surface area (TPSA) is 70.2 Å². The average molecular weight is 339 g/mol. The Hall–Kier alpha value is -3.35. The van der Waals surface area contributed by atoms with Crippen molar-refractivity contribution in [2.75, 3.05) is 26.0 Å². The van der Waals surface area contributed by atoms with Crippen molar-refractivity contribution < 1.29 is 19.1 Å². The van der Waals surface area contributed by atoms with Gasteiger partial charge in [-0.05, 0) is 24.3 Å². The smallest absolute Gasteiger partial charge is 0.333 e. The molecular formula is C18H17N3O4. The Morgan fingerprint density at radius 1 is 0.840 bits per heavy atom. The maximum Gasteiger partial charge on any atom is 0.333 e. The fourth-order valence-corrected chi connectivity index (χ4v) is 2.55. The quantitative estimate of drug-likeness (QED) is 0.608. The lowest BCUT2D eigenvalue weighted by molar-refractivity contribution is -0.134. The first-order valence-corrected chi connectivity index (χ1v) is 7.61. The Kier molecular flexibility index (Phi) is 4.14. The molecule has 0 bridgehead atoms. The van der Waals surface area contributed by atoms with Crippen LogP contribution in [0.4, 0.5) is 10.5 Å². The zero-order valence-electron chi connectivity index (χ0n) is 14.1. The number of amides is 4. The van der Waals surface area contributed by atoms with E-state index in [-0.39, 0.29) is 5.57 Å². The minimum atomic E-state index is -0.642. The summed E-state index contributed by atoms with van der Waals surface area (Å²) >= 11 is 0. The van der Waals surface area contributed by atoms with E-state index in [4.69, 9.17) is 4.74 Å². The zero-order chi connectivity index (χ0) is 18.1. The number of carbonyl (C=O) groups excluding carboxylic acids is 3. The lowest BCUT2D eigenvalue weighted by Crippen LogP contribution is -2.52. The van der Waals surface area contributed by atoms with Crippen LogP contribution in [-0.4, -0.2) is 48.8 Å². The highest BCUT2D eigenvalue weighted by Gasteiger charge is 2.37. The molecule has 2 aliphatic heterocycles. The summed E-state index contributed by atoms with van der Waals surface area (Å²) in [6, 6.07) is 7.00. The number of urea groups is 1. The number of carbonyl (C=O) groups is 3. The molecule has 0 N–H and O–H groups in total. The van der Waals surface area contributed by atoms with Crippen LogP contribution >= 0.6 is 0 Å². The summed E-state index contributed by atoms with van der Waals surface area (Å²) in [5.74, 6) is 0.156. The highest BCUT2D eigenvalue weighted by molar-refractivity contribution is 6.28. The first kappa shape index (κ1) is 16.5. The van der Waals surface area contributed by atoms with Crippen molar-refractivity contribution in [1.29, 1.82) is 0 Å². The number of hydrogen-bond acceptors (Lipinski definition) is 5. The summed E-state index contributed by atoms with van der Waals surface area (Å²) in [5.41, 5.74) is 0.892. The minimum Gasteiger partial charge on any atom is -0.439 e. The maximum absolute atomic E-state index is 12.0. The maximum atomic E-state index is 12.0. The van der Waals surface area contributed by atoms with Gasteiger partial charge in [0.1, 0.15) is 5.57 Å². The number of imide groups is 2. The first-order valence-electron chi connectivity index (χ1n) is 7.61. The van der Waals surface area contributed by atoms with E-state index in [0.29, 0.717) is 5.88 Å². The molecule has 3 rings (SSSR count). The van der Waals surface area contributed by atoms with Crippen LogP contribution in [0, 0.1) is 0 Å². The number of anilines is 1. The normalized spacial score (nSPS) is 19.2. The van der Waals surface area contributed by atoms with Crippen LogP contribution in [0.5, 0.6) is 5.75 Å². The van der Waals surface area contributed by atoms with E-state index in [9.17, 15) is 14.4 Å². The second kappa shape index (κ2) is 6.27. The zero-order valence-corrected chi connectivity index (χ0v) is 14.1. The molecule has 0 aromatic heterocycles. The molecule has 25 heavy (non-hydrogen) atoms. The molecule has 1 aromatic carbocycles. The molecule has 7 heteroatoms. The standard InChI is InChI=1S/C18H17N3O4/c1-19-13-9-5-6-10-14(13)25-15(19)11-7-4-8-12-16(22)20(2)18(24)21(3)17(12)23/h4-11H,1-3H3/b7-4+,15-11+. The predicted molar refractivity (Wildman–Crippen MR) is 91.7 cm³/mol. The third kappa shape index (κ3) is 2.80. The Morgan fingerprint density at radius 3 is 2.08 bits per heavy atom. The summed E-state index contributed by atoms with van der Waals surface area (Å²) in [6.45, 7) is 0. The highest BCUT2D eigenvalue weighted by Crippen LogP contribution is 2.37. The van der Waals surface area contributed by atoms with Crippen molar-refractivity contribution in [3.63, 3.8) is 0 Å². The van der Waals surface area contributed by atoms with Crippen LogP contribution in [0.2, 0.25) is 0 Å². The van der Waals surface area contributed by atoms with E-state index in [1.54, 1.807) is 18.2 Å². The van der Waals surface area contributed by atoms with Crippen molar-refractivity contribution in [2.24, 2.45) is 0 Å². The van der Waals surface area contributed by atoms with Gasteiger partial charge >= 0.3 is 6.03 Å². The summed E-state index contributed by atoms with van der Waals surface area (Å²) < 4.78 is 5.72. The summed E-state index contributed by atoms with van der Waals surface area (Å²) in [5, 5.41) is 0. The van der Waals surface area contributed by atoms with Gasteiger partial charge in [0, 0.05) is 21.1 Å². The number of fused-ring (bicyclic) bond motifs is 1. The Labute approximate surface area is 145 Å². The second-order valence-electron chi connectivity index (χ2n) is 5.61. The molecule has 1 aromatic rings. The number of benzene rings is 1. The van der Waals surface area contributed by atoms with Crippen LogP contribution < -0.4 is 9.64 Å². The second-order valence-corrected chi connectivity index (χ2v) is 5.61. The Morgan fingerprint density at radius 2 is 1.44 bits per heavy atom. The molecule has 4 amide bonds. The van der Waals surface area contributed by atoms with Gasteiger partial charge in [-0.25, -0.2) is 4.79 Å². The number of rotatable bonds is 2. The molecular weight excluding hydrogens is 322 g/mol. The van der Waals surface area contributed by atoms with Crippen molar-refractivity contribution in [2.45, 2.75) is 0 Å². The van der Waals surface area contributed by atoms with E-state index in [1.807, 2.05) is 36.2 Å². The van der Waals surface area contributed by atoms with Gasteiger partial charge in [0.2, 0.25) is 0 Å². The third-order valence-electron chi connectivity index (χ3n) is 4.03. The SMILES string of the molecule is CN1C(=O)C(=C/C=C/C=C2/Oc3ccccc3N2C)C(=O)N(C)C1=O. The fourth-order valence-electron chi connectivity index (χ4n) is 2.55. The molecule has 0 aliphatic carbocycles. The van der Waals surface area contributed by atoms with E-state index in [0.717, 1.165) is 21.2 Å². The number of ether oxygens (including phenoxy) is 1. The molecule has 0 saturated carbocycles. The van der Waals surface area contributed by atoms with Crippen LogP contribution in [0.1, 0.15) is 0 Å². The molecule has 0 radical (unpaired) electrons. The number of allylic oxidation sites excluding steroid dienone is 4. The van der Waals surface area contributed by atoms with Gasteiger partial charge in [-0.3, -0.25) is 19.4 Å². The van der Waals surface area contributed by atoms with Crippen molar-refractivity contribution >= 4 is 23.5 Å². The van der Waals surface area contributed by atoms with Gasteiger partial charge in [-0.15, -0.1) is 0 Å². The Balaban J connectivity index is 1.77. The van der Waals surface area contributed by atoms with Gasteiger partial charge in [-0.1, -0.05) is 24.3 Å². The molecule has 1 saturated heterocycles. The van der Waals surface area contributed by atoms with Gasteiger partial charge in [0.25, 0.3) is 11.8 Å². The minimum absolute atomic E-state index is 0.0665. The van der Waals surface area contributed by atoms with Crippen LogP contribution in [-0.2, 0) is 9.59 Å². The molecule has 128 valence electrons. The molecule has 0 atom stereocenters. The third-order valence-corrected chi connectivity index (χ3v) is 4.03. The van der Waals surface area contributed by atoms with Crippen molar-refractivity contribution in [1.82, 2.24) is 9.80 Å². The summed E-state index contributed by atoms with van der Waals surface area (Å²) in [4.78, 5) is 39.5. The number of hydrogen-bond donors (Lipinski definition) is 0. The highest BCUT2D eigenvalue weighted by atomic mass is 16.5. The van der Waals surface area contributed by atoms with Gasteiger partial charge in [0.05, 0.1) is 5.69 Å². The lowest BCUT2D eigenvalue weighted by Gasteiger charge is -2.28. The number of para-hydroxylation sites is 2. The molecule has 2 heterocycles. The van der Waals surface area contributed by atoms with E-state index in [1.165, 1.54) is 20.2 Å². The number of likely N-dealkylation sites (N-methyl/N-ethyl adjacent to an activating group) is 2. The summed E-state index contributed by atoms with van der Waals surface area (Å²) in [6.07, 6.45) is 6.36. The Bertz CT molecular complexity index is 828. The van der Waals surface area contributed by atoms with Crippen LogP contribution in [0.15, 0.2) is 60.0 Å². The fraction of sp³-hybridized carbons (Fsp3) is 0.167. The lowest BCUT2D eigenvalue weighted by atomic mass is 10.1. The predicted octanol–water partition coefficient (Wildman–Crippen LogP) is 1.89. The van der Waals surface area contributed by atoms with Crippen molar-refractivity contribution in [3.8, 4) is 5.75 Å². The molecule has 1 fully saturated rings. The number of nitrogens with zero attached hydrogens (tertiary/aromatic N) is 3. The molecule has 0 unspecified atom stereocenters. The molecule has 0 spiro atoms. The monoisotopic (exact) mass is 339 g/mol. The first-order chi connectivity index (χ1) is 11.9. The largest absolute Gasteiger partial charge is 0.439 e. The van der Waals surface area contributed by atoms with Crippen LogP contribution in [0.3, 0.4) is 0 Å². The van der Waals surface area contributed by atoms with Gasteiger partial charge in [0.15, 0.2) is 11.6 Å². The molecule has 2 aliphatic rings. The average Bonchev–Trinajstić information content (AvgIpc) is 2.94. The van der Waals surface area contributed by atoms with E-state index >= 15 is 0 Å². The summed E-state index contributed by atoms with van der Waals surface area (Å²) in [7, 11) is 4.56. The molecule has 7 nitrogen and oxygen atoms in total. The van der Waals surface area contributed by atoms with E-state index in [2.05, 4.69) is 0 Å². The van der Waals surface area contributed by atoms with Crippen LogP contribution in [0.25, 0.3) is 0 Å². The van der Waals surface area contributed by atoms with E-state index < -0.39 is 17.8 Å². The van der Waals surface area contributed by atoms with Crippen molar-refractivity contribution in [3.05, 3.63) is 60.0 Å². The van der Waals surface area contributed by atoms with Gasteiger partial charge < -0.3 is 9.64 Å². The number of barbiturate groups is 1. The van der Waals surface area contributed by atoms with Gasteiger partial charge in [-0.2, -0.15) is 0 Å².